The second kappa shape index (κ2) is 7.98. The average Bonchev–Trinajstić information content (AvgIpc) is 2.78. The van der Waals surface area contributed by atoms with Gasteiger partial charge in [0.25, 0.3) is 5.91 Å². The molecule has 0 bridgehead atoms. The van der Waals surface area contributed by atoms with E-state index in [9.17, 15) is 4.79 Å². The summed E-state index contributed by atoms with van der Waals surface area (Å²) in [5.41, 5.74) is 7.13. The summed E-state index contributed by atoms with van der Waals surface area (Å²) in [6.07, 6.45) is 7.31. The number of hydrogen-bond acceptors (Lipinski definition) is 2. The number of hydrogen-bond donors (Lipinski definition) is 2. The summed E-state index contributed by atoms with van der Waals surface area (Å²) in [6, 6.07) is 2.26. The molecule has 3 N–H and O–H groups in total. The van der Waals surface area contributed by atoms with E-state index in [-0.39, 0.29) is 18.0 Å². The van der Waals surface area contributed by atoms with Crippen molar-refractivity contribution in [3.05, 3.63) is 18.0 Å². The first-order valence-corrected chi connectivity index (χ1v) is 7.77. The predicted octanol–water partition coefficient (Wildman–Crippen LogP) is 3.74. The van der Waals surface area contributed by atoms with Gasteiger partial charge in [-0.05, 0) is 32.8 Å². The molecule has 0 saturated carbocycles. The SMILES string of the molecule is CCCCC(CCC)NC(=O)c1cc(N)cn1C(C)C. The molecule has 0 aliphatic rings. The van der Waals surface area contributed by atoms with Gasteiger partial charge in [-0.3, -0.25) is 4.79 Å². The van der Waals surface area contributed by atoms with E-state index in [0.717, 1.165) is 32.1 Å². The first-order chi connectivity index (χ1) is 9.49. The van der Waals surface area contributed by atoms with Crippen molar-refractivity contribution in [3.63, 3.8) is 0 Å². The second-order valence-electron chi connectivity index (χ2n) is 5.76. The van der Waals surface area contributed by atoms with Crippen molar-refractivity contribution < 1.29 is 4.79 Å². The van der Waals surface area contributed by atoms with E-state index in [2.05, 4.69) is 33.0 Å². The molecule has 0 aliphatic carbocycles. The normalized spacial score (nSPS) is 12.7. The topological polar surface area (TPSA) is 60.1 Å². The minimum absolute atomic E-state index is 0.00930. The summed E-state index contributed by atoms with van der Waals surface area (Å²) in [6.45, 7) is 8.43. The molecule has 0 aliphatic heterocycles. The fourth-order valence-corrected chi connectivity index (χ4v) is 2.46. The van der Waals surface area contributed by atoms with Gasteiger partial charge in [0.2, 0.25) is 0 Å². The molecule has 0 spiro atoms. The van der Waals surface area contributed by atoms with Crippen LogP contribution in [0.5, 0.6) is 0 Å². The third-order valence-corrected chi connectivity index (χ3v) is 3.54. The Balaban J connectivity index is 2.77. The number of amides is 1. The fraction of sp³-hybridized carbons (Fsp3) is 0.688. The third-order valence-electron chi connectivity index (χ3n) is 3.54. The Hall–Kier alpha value is -1.45. The van der Waals surface area contributed by atoms with Crippen LogP contribution < -0.4 is 11.1 Å². The zero-order valence-corrected chi connectivity index (χ0v) is 13.3. The van der Waals surface area contributed by atoms with Crippen molar-refractivity contribution in [1.82, 2.24) is 9.88 Å². The van der Waals surface area contributed by atoms with E-state index >= 15 is 0 Å². The van der Waals surface area contributed by atoms with Crippen LogP contribution in [-0.4, -0.2) is 16.5 Å². The van der Waals surface area contributed by atoms with Gasteiger partial charge in [-0.25, -0.2) is 0 Å². The first-order valence-electron chi connectivity index (χ1n) is 7.77. The van der Waals surface area contributed by atoms with Crippen LogP contribution >= 0.6 is 0 Å². The largest absolute Gasteiger partial charge is 0.397 e. The Kier molecular flexibility index (Phi) is 6.62. The highest BCUT2D eigenvalue weighted by molar-refractivity contribution is 5.94. The van der Waals surface area contributed by atoms with Crippen LogP contribution in [0.1, 0.15) is 76.3 Å². The van der Waals surface area contributed by atoms with E-state index in [4.69, 9.17) is 5.73 Å². The van der Waals surface area contributed by atoms with Crippen molar-refractivity contribution in [2.24, 2.45) is 0 Å². The third kappa shape index (κ3) is 4.58. The molecule has 1 unspecified atom stereocenters. The van der Waals surface area contributed by atoms with Crippen LogP contribution in [0.25, 0.3) is 0 Å². The van der Waals surface area contributed by atoms with Gasteiger partial charge < -0.3 is 15.6 Å². The lowest BCUT2D eigenvalue weighted by atomic mass is 10.1. The number of nitrogens with one attached hydrogen (secondary N) is 1. The molecule has 0 fully saturated rings. The number of aromatic nitrogens is 1. The molecule has 1 heterocycles. The van der Waals surface area contributed by atoms with Crippen LogP contribution in [0, 0.1) is 0 Å². The Morgan fingerprint density at radius 1 is 1.30 bits per heavy atom. The minimum atomic E-state index is -0.00930. The number of anilines is 1. The molecular weight excluding hydrogens is 250 g/mol. The summed E-state index contributed by atoms with van der Waals surface area (Å²) < 4.78 is 1.94. The van der Waals surface area contributed by atoms with Crippen molar-refractivity contribution in [1.29, 1.82) is 0 Å². The molecule has 0 aromatic carbocycles. The molecule has 1 aromatic rings. The van der Waals surface area contributed by atoms with Crippen molar-refractivity contribution >= 4 is 11.6 Å². The standard InChI is InChI=1S/C16H29N3O/c1-5-7-9-14(8-6-2)18-16(20)15-10-13(17)11-19(15)12(3)4/h10-12,14H,5-9,17H2,1-4H3,(H,18,20). The quantitative estimate of drug-likeness (QED) is 0.761. The van der Waals surface area contributed by atoms with E-state index < -0.39 is 0 Å². The van der Waals surface area contributed by atoms with Gasteiger partial charge in [0.1, 0.15) is 5.69 Å². The predicted molar refractivity (Wildman–Crippen MR) is 84.9 cm³/mol. The van der Waals surface area contributed by atoms with Gasteiger partial charge in [-0.1, -0.05) is 33.1 Å². The van der Waals surface area contributed by atoms with Crippen molar-refractivity contribution in [2.75, 3.05) is 5.73 Å². The van der Waals surface area contributed by atoms with Gasteiger partial charge in [0, 0.05) is 18.3 Å². The summed E-state index contributed by atoms with van der Waals surface area (Å²) >= 11 is 0. The van der Waals surface area contributed by atoms with E-state index in [0.29, 0.717) is 11.4 Å². The van der Waals surface area contributed by atoms with Gasteiger partial charge >= 0.3 is 0 Å². The summed E-state index contributed by atoms with van der Waals surface area (Å²) in [4.78, 5) is 12.4. The minimum Gasteiger partial charge on any atom is -0.397 e. The zero-order valence-electron chi connectivity index (χ0n) is 13.3. The van der Waals surface area contributed by atoms with Crippen LogP contribution in [0.15, 0.2) is 12.3 Å². The molecule has 1 atom stereocenters. The van der Waals surface area contributed by atoms with Crippen LogP contribution in [-0.2, 0) is 0 Å². The van der Waals surface area contributed by atoms with Gasteiger partial charge in [-0.15, -0.1) is 0 Å². The Morgan fingerprint density at radius 3 is 2.55 bits per heavy atom. The second-order valence-corrected chi connectivity index (χ2v) is 5.76. The Morgan fingerprint density at radius 2 is 2.00 bits per heavy atom. The lowest BCUT2D eigenvalue weighted by Gasteiger charge is -2.19. The van der Waals surface area contributed by atoms with Gasteiger partial charge in [0.05, 0.1) is 5.69 Å². The van der Waals surface area contributed by atoms with Gasteiger partial charge in [0.15, 0.2) is 0 Å². The number of rotatable bonds is 8. The molecule has 20 heavy (non-hydrogen) atoms. The molecule has 0 radical (unpaired) electrons. The first kappa shape index (κ1) is 16.6. The highest BCUT2D eigenvalue weighted by Gasteiger charge is 2.18. The molecular formula is C16H29N3O. The zero-order chi connectivity index (χ0) is 15.1. The fourth-order valence-electron chi connectivity index (χ4n) is 2.46. The highest BCUT2D eigenvalue weighted by atomic mass is 16.2. The summed E-state index contributed by atoms with van der Waals surface area (Å²) in [5, 5.41) is 3.16. The molecule has 1 aromatic heterocycles. The van der Waals surface area contributed by atoms with Crippen LogP contribution in [0.3, 0.4) is 0 Å². The van der Waals surface area contributed by atoms with Crippen molar-refractivity contribution in [3.8, 4) is 0 Å². The monoisotopic (exact) mass is 279 g/mol. The lowest BCUT2D eigenvalue weighted by Crippen LogP contribution is -2.36. The van der Waals surface area contributed by atoms with Crippen LogP contribution in [0.4, 0.5) is 5.69 Å². The highest BCUT2D eigenvalue weighted by Crippen LogP contribution is 2.17. The maximum Gasteiger partial charge on any atom is 0.268 e. The van der Waals surface area contributed by atoms with Crippen LogP contribution in [0.2, 0.25) is 0 Å². The molecule has 1 rings (SSSR count). The molecule has 114 valence electrons. The number of carbonyl (C=O) groups excluding carboxylic acids is 1. The maximum absolute atomic E-state index is 12.4. The molecule has 4 nitrogen and oxygen atoms in total. The number of nitrogens with zero attached hydrogens (tertiary/aromatic N) is 1. The summed E-state index contributed by atoms with van der Waals surface area (Å²) in [7, 11) is 0. The lowest BCUT2D eigenvalue weighted by molar-refractivity contribution is 0.0921. The van der Waals surface area contributed by atoms with E-state index in [1.807, 2.05) is 10.8 Å². The van der Waals surface area contributed by atoms with E-state index in [1.54, 1.807) is 6.07 Å². The number of nitrogen functional groups attached to an aromatic ring is 1. The average molecular weight is 279 g/mol. The number of nitrogens with two attached hydrogens (primary N) is 1. The van der Waals surface area contributed by atoms with Gasteiger partial charge in [-0.2, -0.15) is 0 Å². The molecule has 1 amide bonds. The number of unbranched alkanes of at least 4 members (excludes halogenated alkanes) is 1. The summed E-state index contributed by atoms with van der Waals surface area (Å²) in [5.74, 6) is -0.00930. The number of carbonyl (C=O) groups is 1. The van der Waals surface area contributed by atoms with E-state index in [1.165, 1.54) is 0 Å². The smallest absolute Gasteiger partial charge is 0.268 e. The van der Waals surface area contributed by atoms with Crippen molar-refractivity contribution in [2.45, 2.75) is 71.9 Å². The molecule has 0 saturated heterocycles. The Labute approximate surface area is 122 Å². The molecule has 4 heteroatoms. The maximum atomic E-state index is 12.4. The Bertz CT molecular complexity index is 423.